The third-order valence-electron chi connectivity index (χ3n) is 5.24. The highest BCUT2D eigenvalue weighted by Crippen LogP contribution is 2.29. The number of aromatic nitrogens is 2. The summed E-state index contributed by atoms with van der Waals surface area (Å²) in [4.78, 5) is 16.4. The summed E-state index contributed by atoms with van der Waals surface area (Å²) in [5, 5.41) is 6.15. The van der Waals surface area contributed by atoms with E-state index in [1.807, 2.05) is 35.0 Å². The fourth-order valence-electron chi connectivity index (χ4n) is 3.49. The molecular weight excluding hydrogens is 300 g/mol. The molecule has 1 saturated carbocycles. The van der Waals surface area contributed by atoms with Crippen LogP contribution in [0.3, 0.4) is 0 Å². The van der Waals surface area contributed by atoms with Gasteiger partial charge < -0.3 is 15.2 Å². The first-order valence-electron chi connectivity index (χ1n) is 8.75. The van der Waals surface area contributed by atoms with Crippen LogP contribution in [0.25, 0.3) is 5.69 Å². The van der Waals surface area contributed by atoms with Crippen molar-refractivity contribution in [3.63, 3.8) is 0 Å². The third kappa shape index (κ3) is 3.78. The van der Waals surface area contributed by atoms with E-state index in [1.165, 1.54) is 12.8 Å². The van der Waals surface area contributed by atoms with Gasteiger partial charge in [0.15, 0.2) is 0 Å². The summed E-state index contributed by atoms with van der Waals surface area (Å²) in [6.45, 7) is 5.01. The average Bonchev–Trinajstić information content (AvgIpc) is 3.12. The highest BCUT2D eigenvalue weighted by Gasteiger charge is 2.28. The zero-order valence-corrected chi connectivity index (χ0v) is 14.4. The summed E-state index contributed by atoms with van der Waals surface area (Å²) < 4.78 is 1.96. The fourth-order valence-corrected chi connectivity index (χ4v) is 3.49. The SMILES string of the molecule is C[C@@H]1[C@H](C)CCC[C@H]1NC(=O)NCc1ccccc1-n1ccnc1. The Morgan fingerprint density at radius 3 is 2.92 bits per heavy atom. The summed E-state index contributed by atoms with van der Waals surface area (Å²) in [6.07, 6.45) is 8.96. The molecule has 0 aliphatic heterocycles. The van der Waals surface area contributed by atoms with Crippen LogP contribution in [0, 0.1) is 11.8 Å². The molecule has 1 aromatic heterocycles. The fraction of sp³-hybridized carbons (Fsp3) is 0.474. The van der Waals surface area contributed by atoms with Crippen LogP contribution in [-0.2, 0) is 6.54 Å². The molecule has 0 bridgehead atoms. The predicted octanol–water partition coefficient (Wildman–Crippen LogP) is 3.50. The summed E-state index contributed by atoms with van der Waals surface area (Å²) >= 11 is 0. The summed E-state index contributed by atoms with van der Waals surface area (Å²) in [5.41, 5.74) is 2.10. The van der Waals surface area contributed by atoms with E-state index in [2.05, 4.69) is 29.5 Å². The average molecular weight is 326 g/mol. The van der Waals surface area contributed by atoms with Crippen LogP contribution in [0.5, 0.6) is 0 Å². The second-order valence-electron chi connectivity index (χ2n) is 6.80. The number of urea groups is 1. The van der Waals surface area contributed by atoms with Crippen molar-refractivity contribution in [3.05, 3.63) is 48.5 Å². The van der Waals surface area contributed by atoms with E-state index in [4.69, 9.17) is 0 Å². The lowest BCUT2D eigenvalue weighted by Crippen LogP contribution is -2.47. The van der Waals surface area contributed by atoms with Gasteiger partial charge in [-0.2, -0.15) is 0 Å². The molecule has 0 spiro atoms. The normalized spacial score (nSPS) is 23.7. The zero-order valence-electron chi connectivity index (χ0n) is 14.4. The van der Waals surface area contributed by atoms with Gasteiger partial charge in [0, 0.05) is 25.0 Å². The Hall–Kier alpha value is -2.30. The number of hydrogen-bond donors (Lipinski definition) is 2. The minimum absolute atomic E-state index is 0.0821. The Bertz CT molecular complexity index is 668. The number of rotatable bonds is 4. The Labute approximate surface area is 143 Å². The lowest BCUT2D eigenvalue weighted by molar-refractivity contribution is 0.195. The Morgan fingerprint density at radius 1 is 1.29 bits per heavy atom. The lowest BCUT2D eigenvalue weighted by atomic mass is 9.78. The molecule has 1 heterocycles. The van der Waals surface area contributed by atoms with Crippen LogP contribution in [0.4, 0.5) is 4.79 Å². The smallest absolute Gasteiger partial charge is 0.315 e. The maximum atomic E-state index is 12.3. The summed E-state index contributed by atoms with van der Waals surface area (Å²) in [5.74, 6) is 1.20. The molecule has 1 fully saturated rings. The van der Waals surface area contributed by atoms with Crippen molar-refractivity contribution in [2.75, 3.05) is 0 Å². The monoisotopic (exact) mass is 326 g/mol. The Balaban J connectivity index is 1.59. The number of nitrogens with zero attached hydrogens (tertiary/aromatic N) is 2. The largest absolute Gasteiger partial charge is 0.335 e. The van der Waals surface area contributed by atoms with Gasteiger partial charge in [0.05, 0.1) is 12.0 Å². The number of amides is 2. The second-order valence-corrected chi connectivity index (χ2v) is 6.80. The van der Waals surface area contributed by atoms with Gasteiger partial charge in [-0.25, -0.2) is 9.78 Å². The first-order chi connectivity index (χ1) is 11.6. The number of carbonyl (C=O) groups is 1. The predicted molar refractivity (Wildman–Crippen MR) is 94.9 cm³/mol. The molecule has 24 heavy (non-hydrogen) atoms. The summed E-state index contributed by atoms with van der Waals surface area (Å²) in [6, 6.07) is 8.23. The molecule has 0 unspecified atom stereocenters. The van der Waals surface area contributed by atoms with Crippen molar-refractivity contribution in [2.24, 2.45) is 11.8 Å². The third-order valence-corrected chi connectivity index (χ3v) is 5.24. The topological polar surface area (TPSA) is 59.0 Å². The minimum Gasteiger partial charge on any atom is -0.335 e. The standard InChI is InChI=1S/C19H26N4O/c1-14-6-5-8-17(15(14)2)22-19(24)21-12-16-7-3-4-9-18(16)23-11-10-20-13-23/h3-4,7,9-11,13-15,17H,5-6,8,12H2,1-2H3,(H2,21,22,24)/t14-,15-,17-/m1/s1. The number of hydrogen-bond acceptors (Lipinski definition) is 2. The molecule has 2 amide bonds. The van der Waals surface area contributed by atoms with Gasteiger partial charge in [-0.3, -0.25) is 0 Å². The molecule has 1 aromatic carbocycles. The lowest BCUT2D eigenvalue weighted by Gasteiger charge is -2.34. The van der Waals surface area contributed by atoms with Crippen molar-refractivity contribution >= 4 is 6.03 Å². The quantitative estimate of drug-likeness (QED) is 0.903. The molecule has 2 aromatic rings. The van der Waals surface area contributed by atoms with Gasteiger partial charge in [0.1, 0.15) is 0 Å². The molecule has 5 nitrogen and oxygen atoms in total. The number of carbonyl (C=O) groups excluding carboxylic acids is 1. The first-order valence-corrected chi connectivity index (χ1v) is 8.75. The van der Waals surface area contributed by atoms with Crippen LogP contribution in [0.2, 0.25) is 0 Å². The van der Waals surface area contributed by atoms with Gasteiger partial charge in [0.25, 0.3) is 0 Å². The molecule has 2 N–H and O–H groups in total. The zero-order chi connectivity index (χ0) is 16.9. The van der Waals surface area contributed by atoms with Crippen LogP contribution in [-0.4, -0.2) is 21.6 Å². The molecule has 1 aliphatic carbocycles. The van der Waals surface area contributed by atoms with Crippen molar-refractivity contribution < 1.29 is 4.79 Å². The molecular formula is C19H26N4O. The van der Waals surface area contributed by atoms with E-state index < -0.39 is 0 Å². The van der Waals surface area contributed by atoms with Crippen molar-refractivity contribution in [1.82, 2.24) is 20.2 Å². The molecule has 3 atom stereocenters. The van der Waals surface area contributed by atoms with Crippen LogP contribution in [0.1, 0.15) is 38.7 Å². The van der Waals surface area contributed by atoms with E-state index in [0.717, 1.165) is 17.7 Å². The molecule has 128 valence electrons. The minimum atomic E-state index is -0.0821. The molecule has 5 heteroatoms. The van der Waals surface area contributed by atoms with Crippen molar-refractivity contribution in [3.8, 4) is 5.69 Å². The summed E-state index contributed by atoms with van der Waals surface area (Å²) in [7, 11) is 0. The Morgan fingerprint density at radius 2 is 2.12 bits per heavy atom. The molecule has 1 aliphatic rings. The molecule has 3 rings (SSSR count). The van der Waals surface area contributed by atoms with E-state index in [1.54, 1.807) is 12.5 Å². The van der Waals surface area contributed by atoms with E-state index in [0.29, 0.717) is 18.4 Å². The van der Waals surface area contributed by atoms with Gasteiger partial charge in [-0.1, -0.05) is 44.9 Å². The van der Waals surface area contributed by atoms with Gasteiger partial charge >= 0.3 is 6.03 Å². The van der Waals surface area contributed by atoms with Crippen LogP contribution >= 0.6 is 0 Å². The molecule has 0 radical (unpaired) electrons. The number of benzene rings is 1. The maximum absolute atomic E-state index is 12.3. The Kier molecular flexibility index (Phi) is 5.18. The van der Waals surface area contributed by atoms with Crippen molar-refractivity contribution in [2.45, 2.75) is 45.7 Å². The number of imidazole rings is 1. The van der Waals surface area contributed by atoms with Gasteiger partial charge in [-0.15, -0.1) is 0 Å². The first kappa shape index (κ1) is 16.6. The van der Waals surface area contributed by atoms with E-state index in [-0.39, 0.29) is 12.1 Å². The van der Waals surface area contributed by atoms with Gasteiger partial charge in [-0.05, 0) is 29.9 Å². The van der Waals surface area contributed by atoms with Crippen LogP contribution in [0.15, 0.2) is 43.0 Å². The highest BCUT2D eigenvalue weighted by atomic mass is 16.2. The number of para-hydroxylation sites is 1. The van der Waals surface area contributed by atoms with E-state index in [9.17, 15) is 4.79 Å². The molecule has 0 saturated heterocycles. The second kappa shape index (κ2) is 7.51. The highest BCUT2D eigenvalue weighted by molar-refractivity contribution is 5.74. The van der Waals surface area contributed by atoms with Crippen LogP contribution < -0.4 is 10.6 Å². The van der Waals surface area contributed by atoms with E-state index >= 15 is 0 Å². The number of nitrogens with one attached hydrogen (secondary N) is 2. The van der Waals surface area contributed by atoms with Gasteiger partial charge in [0.2, 0.25) is 0 Å². The maximum Gasteiger partial charge on any atom is 0.315 e. The van der Waals surface area contributed by atoms with Crippen molar-refractivity contribution in [1.29, 1.82) is 0 Å².